The zero-order valence-corrected chi connectivity index (χ0v) is 16.0. The summed E-state index contributed by atoms with van der Waals surface area (Å²) in [7, 11) is 0. The zero-order chi connectivity index (χ0) is 19.8. The van der Waals surface area contributed by atoms with Crippen LogP contribution in [0.25, 0.3) is 22.2 Å². The van der Waals surface area contributed by atoms with E-state index in [9.17, 15) is 14.9 Å². The number of aromatic nitrogens is 4. The quantitative estimate of drug-likeness (QED) is 0.534. The van der Waals surface area contributed by atoms with Gasteiger partial charge in [-0.05, 0) is 39.2 Å². The molecular formula is C18H17N5O3S. The average molecular weight is 383 g/mol. The van der Waals surface area contributed by atoms with Gasteiger partial charge in [-0.2, -0.15) is 15.0 Å². The second kappa shape index (κ2) is 6.89. The fraction of sp³-hybridized carbons (Fsp3) is 0.278. The summed E-state index contributed by atoms with van der Waals surface area (Å²) in [6.45, 7) is 5.33. The van der Waals surface area contributed by atoms with Crippen molar-refractivity contribution in [3.63, 3.8) is 0 Å². The van der Waals surface area contributed by atoms with Gasteiger partial charge in [-0.15, -0.1) is 0 Å². The van der Waals surface area contributed by atoms with E-state index >= 15 is 0 Å². The zero-order valence-electron chi connectivity index (χ0n) is 15.2. The fourth-order valence-corrected chi connectivity index (χ4v) is 2.87. The average Bonchev–Trinajstić information content (AvgIpc) is 3.02. The number of H-pyrrole nitrogens is 1. The Kier molecular flexibility index (Phi) is 4.76. The summed E-state index contributed by atoms with van der Waals surface area (Å²) in [6.07, 6.45) is 2.72. The highest BCUT2D eigenvalue weighted by molar-refractivity contribution is 7.98. The summed E-state index contributed by atoms with van der Waals surface area (Å²) in [5, 5.41) is 14.5. The van der Waals surface area contributed by atoms with Crippen LogP contribution in [-0.2, 0) is 4.74 Å². The summed E-state index contributed by atoms with van der Waals surface area (Å²) in [5.41, 5.74) is 0.242. The number of hydrogen-bond donors (Lipinski definition) is 1. The van der Waals surface area contributed by atoms with Crippen LogP contribution in [0.2, 0.25) is 0 Å². The smallest absolute Gasteiger partial charge is 0.435 e. The highest BCUT2D eigenvalue weighted by Gasteiger charge is 2.21. The number of carbonyl (C=O) groups excluding carboxylic acids is 1. The van der Waals surface area contributed by atoms with Gasteiger partial charge in [0.1, 0.15) is 17.2 Å². The number of rotatable bonds is 2. The molecule has 3 rings (SSSR count). The molecule has 0 atom stereocenters. The number of nitrogens with zero attached hydrogens (tertiary/aromatic N) is 4. The normalized spacial score (nSPS) is 11.4. The van der Waals surface area contributed by atoms with Crippen LogP contribution in [-0.4, -0.2) is 37.7 Å². The molecule has 1 aromatic carbocycles. The molecule has 1 N–H and O–H groups in total. The second-order valence-electron chi connectivity index (χ2n) is 6.72. The monoisotopic (exact) mass is 383 g/mol. The number of nitrogens with one attached hydrogen (secondary N) is 1. The van der Waals surface area contributed by atoms with Crippen molar-refractivity contribution in [3.05, 3.63) is 40.3 Å². The predicted molar refractivity (Wildman–Crippen MR) is 102 cm³/mol. The number of aromatic amines is 1. The Morgan fingerprint density at radius 2 is 2.11 bits per heavy atom. The number of nitriles is 1. The van der Waals surface area contributed by atoms with Crippen molar-refractivity contribution in [2.75, 3.05) is 6.26 Å². The Morgan fingerprint density at radius 3 is 2.74 bits per heavy atom. The molecule has 2 aromatic heterocycles. The number of hydrogen-bond acceptors (Lipinski definition) is 7. The molecule has 0 unspecified atom stereocenters. The van der Waals surface area contributed by atoms with Crippen molar-refractivity contribution in [2.45, 2.75) is 31.5 Å². The molecule has 9 heteroatoms. The first-order valence-corrected chi connectivity index (χ1v) is 9.26. The number of thioether (sulfide) groups is 1. The third kappa shape index (κ3) is 3.71. The van der Waals surface area contributed by atoms with Gasteiger partial charge in [0.25, 0.3) is 5.56 Å². The Bertz CT molecular complexity index is 1130. The molecule has 3 aromatic rings. The first-order valence-electron chi connectivity index (χ1n) is 8.03. The highest BCUT2D eigenvalue weighted by atomic mass is 32.2. The van der Waals surface area contributed by atoms with E-state index in [4.69, 9.17) is 4.74 Å². The molecular weight excluding hydrogens is 366 g/mol. The first-order chi connectivity index (χ1) is 12.7. The van der Waals surface area contributed by atoms with Crippen LogP contribution in [0.4, 0.5) is 4.79 Å². The summed E-state index contributed by atoms with van der Waals surface area (Å²) in [5.74, 6) is 0. The lowest BCUT2D eigenvalue weighted by atomic mass is 10.1. The highest BCUT2D eigenvalue weighted by Crippen LogP contribution is 2.26. The van der Waals surface area contributed by atoms with Gasteiger partial charge in [-0.25, -0.2) is 9.78 Å². The lowest BCUT2D eigenvalue weighted by molar-refractivity contribution is 0.0522. The van der Waals surface area contributed by atoms with Crippen molar-refractivity contribution in [2.24, 2.45) is 0 Å². The van der Waals surface area contributed by atoms with Gasteiger partial charge in [-0.3, -0.25) is 4.79 Å². The standard InChI is InChI=1S/C18H17N5O3S/c1-18(2,3)26-17(25)23-13-6-5-10(7-11(13)9-20-23)14-12(8-19)15(24)22-16(21-14)27-4/h5-7,9H,1-4H3,(H,21,22,24). The van der Waals surface area contributed by atoms with E-state index < -0.39 is 17.3 Å². The molecule has 138 valence electrons. The van der Waals surface area contributed by atoms with Crippen molar-refractivity contribution >= 4 is 28.8 Å². The maximum atomic E-state index is 12.3. The SMILES string of the molecule is CSc1nc(-c2ccc3c(cnn3C(=O)OC(C)(C)C)c2)c(C#N)c(=O)[nH]1. The van der Waals surface area contributed by atoms with E-state index in [2.05, 4.69) is 15.1 Å². The summed E-state index contributed by atoms with van der Waals surface area (Å²) in [6, 6.07) is 7.01. The van der Waals surface area contributed by atoms with Crippen LogP contribution < -0.4 is 5.56 Å². The molecule has 0 spiro atoms. The Balaban J connectivity index is 2.10. The minimum atomic E-state index is -0.639. The van der Waals surface area contributed by atoms with Crippen molar-refractivity contribution in [1.29, 1.82) is 5.26 Å². The molecule has 0 aliphatic heterocycles. The van der Waals surface area contributed by atoms with Crippen molar-refractivity contribution in [1.82, 2.24) is 19.7 Å². The molecule has 0 amide bonds. The van der Waals surface area contributed by atoms with Gasteiger partial charge in [0.05, 0.1) is 17.4 Å². The van der Waals surface area contributed by atoms with E-state index in [-0.39, 0.29) is 11.3 Å². The lowest BCUT2D eigenvalue weighted by Gasteiger charge is -2.19. The Labute approximate surface area is 159 Å². The van der Waals surface area contributed by atoms with Crippen molar-refractivity contribution < 1.29 is 9.53 Å². The van der Waals surface area contributed by atoms with E-state index in [1.807, 2.05) is 6.07 Å². The van der Waals surface area contributed by atoms with Crippen LogP contribution >= 0.6 is 11.8 Å². The third-order valence-corrected chi connectivity index (χ3v) is 4.19. The molecule has 27 heavy (non-hydrogen) atoms. The van der Waals surface area contributed by atoms with E-state index in [1.54, 1.807) is 45.2 Å². The topological polar surface area (TPSA) is 114 Å². The van der Waals surface area contributed by atoms with Crippen LogP contribution in [0.1, 0.15) is 26.3 Å². The van der Waals surface area contributed by atoms with Gasteiger partial charge in [-0.1, -0.05) is 17.8 Å². The maximum absolute atomic E-state index is 12.3. The van der Waals surface area contributed by atoms with Gasteiger partial charge < -0.3 is 9.72 Å². The van der Waals surface area contributed by atoms with Gasteiger partial charge in [0, 0.05) is 10.9 Å². The molecule has 0 fully saturated rings. The van der Waals surface area contributed by atoms with Gasteiger partial charge in [0.15, 0.2) is 5.16 Å². The fourth-order valence-electron chi connectivity index (χ4n) is 2.49. The predicted octanol–water partition coefficient (Wildman–Crippen LogP) is 3.16. The Morgan fingerprint density at radius 1 is 1.37 bits per heavy atom. The van der Waals surface area contributed by atoms with Crippen LogP contribution in [0.5, 0.6) is 0 Å². The molecule has 8 nitrogen and oxygen atoms in total. The third-order valence-electron chi connectivity index (χ3n) is 3.61. The van der Waals surface area contributed by atoms with E-state index in [1.165, 1.54) is 22.6 Å². The first kappa shape index (κ1) is 18.7. The molecule has 0 saturated heterocycles. The second-order valence-corrected chi connectivity index (χ2v) is 7.52. The minimum Gasteiger partial charge on any atom is -0.442 e. The van der Waals surface area contributed by atoms with Gasteiger partial charge in [0.2, 0.25) is 0 Å². The molecule has 0 saturated carbocycles. The molecule has 0 aliphatic rings. The van der Waals surface area contributed by atoms with Gasteiger partial charge >= 0.3 is 6.09 Å². The number of carbonyl (C=O) groups is 1. The number of fused-ring (bicyclic) bond motifs is 1. The maximum Gasteiger partial charge on any atom is 0.435 e. The Hall–Kier alpha value is -3.12. The summed E-state index contributed by atoms with van der Waals surface area (Å²) < 4.78 is 6.52. The van der Waals surface area contributed by atoms with Crippen molar-refractivity contribution in [3.8, 4) is 17.3 Å². The molecule has 2 heterocycles. The number of ether oxygens (including phenoxy) is 1. The summed E-state index contributed by atoms with van der Waals surface area (Å²) in [4.78, 5) is 31.3. The van der Waals surface area contributed by atoms with E-state index in [0.717, 1.165) is 0 Å². The van der Waals surface area contributed by atoms with E-state index in [0.29, 0.717) is 21.6 Å². The lowest BCUT2D eigenvalue weighted by Crippen LogP contribution is -2.27. The molecule has 0 radical (unpaired) electrons. The van der Waals surface area contributed by atoms with Crippen LogP contribution in [0, 0.1) is 11.3 Å². The van der Waals surface area contributed by atoms with Crippen LogP contribution in [0.3, 0.4) is 0 Å². The molecule has 0 aliphatic carbocycles. The largest absolute Gasteiger partial charge is 0.442 e. The summed E-state index contributed by atoms with van der Waals surface area (Å²) >= 11 is 1.27. The molecule has 0 bridgehead atoms. The van der Waals surface area contributed by atoms with Crippen LogP contribution in [0.15, 0.2) is 34.3 Å². The minimum absolute atomic E-state index is 0.0633. The number of benzene rings is 1.